The van der Waals surface area contributed by atoms with E-state index in [9.17, 15) is 26.6 Å². The van der Waals surface area contributed by atoms with Crippen LogP contribution in [-0.2, 0) is 28.5 Å². The Kier molecular flexibility index (Phi) is 9.21. The number of carbonyl (C=O) groups is 1. The zero-order chi connectivity index (χ0) is 26.3. The molecule has 0 radical (unpaired) electrons. The van der Waals surface area contributed by atoms with Crippen molar-refractivity contribution in [1.29, 1.82) is 0 Å². The zero-order valence-electron chi connectivity index (χ0n) is 19.6. The molecule has 1 fully saturated rings. The fourth-order valence-corrected chi connectivity index (χ4v) is 4.91. The summed E-state index contributed by atoms with van der Waals surface area (Å²) < 4.78 is 65.7. The van der Waals surface area contributed by atoms with Gasteiger partial charge in [-0.3, -0.25) is 9.78 Å². The number of hydrogen-bond donors (Lipinski definition) is 1. The number of aromatic nitrogens is 3. The molecule has 1 aliphatic rings. The highest BCUT2D eigenvalue weighted by Crippen LogP contribution is 2.28. The number of alkyl halides is 3. The second-order valence-corrected chi connectivity index (χ2v) is 8.98. The molecule has 0 bridgehead atoms. The average Bonchev–Trinajstić information content (AvgIpc) is 3.38. The van der Waals surface area contributed by atoms with Crippen molar-refractivity contribution >= 4 is 16.9 Å². The number of pyridine rings is 1. The number of rotatable bonds is 6. The van der Waals surface area contributed by atoms with Crippen LogP contribution in [0.1, 0.15) is 38.1 Å². The van der Waals surface area contributed by atoms with E-state index in [0.29, 0.717) is 41.2 Å². The molecular weight excluding hydrogens is 498 g/mol. The summed E-state index contributed by atoms with van der Waals surface area (Å²) in [7, 11) is -1.61. The molecule has 3 heterocycles. The first-order valence-corrected chi connectivity index (χ1v) is 12.4. The summed E-state index contributed by atoms with van der Waals surface area (Å²) in [5.74, 6) is -0.767. The van der Waals surface area contributed by atoms with Gasteiger partial charge in [-0.05, 0) is 55.3 Å². The highest BCUT2D eigenvalue weighted by Gasteiger charge is 2.35. The van der Waals surface area contributed by atoms with Crippen molar-refractivity contribution in [3.63, 3.8) is 0 Å². The summed E-state index contributed by atoms with van der Waals surface area (Å²) >= 11 is 0. The van der Waals surface area contributed by atoms with E-state index in [2.05, 4.69) is 20.3 Å². The van der Waals surface area contributed by atoms with Gasteiger partial charge in [0, 0.05) is 18.3 Å². The molecule has 1 unspecified atom stereocenters. The Balaban J connectivity index is 0.00000176. The van der Waals surface area contributed by atoms with Gasteiger partial charge >= 0.3 is 6.18 Å². The van der Waals surface area contributed by atoms with E-state index in [4.69, 9.17) is 0 Å². The van der Waals surface area contributed by atoms with Gasteiger partial charge in [0.05, 0.1) is 22.8 Å². The van der Waals surface area contributed by atoms with E-state index in [1.165, 1.54) is 36.7 Å². The maximum atomic E-state index is 13.2. The topological polar surface area (TPSA) is 88.1 Å². The quantitative estimate of drug-likeness (QED) is 0.480. The Labute approximate surface area is 208 Å². The molecule has 1 amide bonds. The fraction of sp³-hybridized carbons (Fsp3) is 0.333. The molecule has 1 aromatic carbocycles. The van der Waals surface area contributed by atoms with Crippen LogP contribution in [0, 0.1) is 5.82 Å². The van der Waals surface area contributed by atoms with Crippen molar-refractivity contribution in [2.24, 2.45) is 0 Å². The van der Waals surface area contributed by atoms with Gasteiger partial charge in [-0.2, -0.15) is 13.2 Å². The highest BCUT2D eigenvalue weighted by molar-refractivity contribution is 7.82. The Morgan fingerprint density at radius 2 is 1.83 bits per heavy atom. The maximum Gasteiger partial charge on any atom is 0.433 e. The number of nitrogens with zero attached hydrogens (tertiary/aromatic N) is 4. The number of carbonyl (C=O) groups excluding carboxylic acids is 1. The molecule has 0 saturated carbocycles. The van der Waals surface area contributed by atoms with Gasteiger partial charge in [-0.25, -0.2) is 22.9 Å². The summed E-state index contributed by atoms with van der Waals surface area (Å²) in [6.07, 6.45) is -1.00. The molecular formula is C24H25F4N5O2S. The lowest BCUT2D eigenvalue weighted by atomic mass is 10.1. The summed E-state index contributed by atoms with van der Waals surface area (Å²) in [6, 6.07) is 8.36. The molecule has 3 aromatic rings. The normalized spacial score (nSPS) is 16.7. The lowest BCUT2D eigenvalue weighted by Gasteiger charge is -2.22. The van der Waals surface area contributed by atoms with Crippen molar-refractivity contribution in [2.75, 3.05) is 6.54 Å². The van der Waals surface area contributed by atoms with E-state index in [-0.39, 0.29) is 12.5 Å². The average molecular weight is 524 g/mol. The van der Waals surface area contributed by atoms with Crippen molar-refractivity contribution < 1.29 is 26.6 Å². The zero-order valence-corrected chi connectivity index (χ0v) is 20.4. The van der Waals surface area contributed by atoms with Gasteiger partial charge in [-0.15, -0.1) is 0 Å². The molecule has 7 nitrogen and oxygen atoms in total. The van der Waals surface area contributed by atoms with Crippen molar-refractivity contribution in [3.05, 3.63) is 72.2 Å². The molecule has 4 rings (SSSR count). The molecule has 36 heavy (non-hydrogen) atoms. The fourth-order valence-electron chi connectivity index (χ4n) is 3.55. The monoisotopic (exact) mass is 523 g/mol. The predicted octanol–water partition coefficient (Wildman–Crippen LogP) is 4.53. The third kappa shape index (κ3) is 6.70. The van der Waals surface area contributed by atoms with Gasteiger partial charge in [0.2, 0.25) is 5.91 Å². The number of amides is 1. The van der Waals surface area contributed by atoms with Crippen LogP contribution >= 0.6 is 0 Å². The highest BCUT2D eigenvalue weighted by atomic mass is 32.2. The Hall–Kier alpha value is -3.25. The van der Waals surface area contributed by atoms with Crippen LogP contribution in [0.2, 0.25) is 0 Å². The first-order valence-electron chi connectivity index (χ1n) is 11.3. The SMILES string of the molecule is CC.O=C(NCc1cc(-c2ccc(C(F)(F)F)nc2)ncn1)[C@@H]1CCCN1S(=O)c1ccc(F)cc1. The molecule has 1 N–H and O–H groups in total. The number of halogens is 4. The number of hydrogen-bond acceptors (Lipinski definition) is 5. The molecule has 0 aliphatic carbocycles. The third-order valence-electron chi connectivity index (χ3n) is 5.25. The van der Waals surface area contributed by atoms with Crippen molar-refractivity contribution in [2.45, 2.75) is 50.3 Å². The van der Waals surface area contributed by atoms with Crippen LogP contribution < -0.4 is 5.32 Å². The maximum absolute atomic E-state index is 13.2. The van der Waals surface area contributed by atoms with E-state index in [1.54, 1.807) is 10.4 Å². The van der Waals surface area contributed by atoms with Gasteiger partial charge in [0.1, 0.15) is 34.9 Å². The van der Waals surface area contributed by atoms with Crippen LogP contribution in [0.15, 0.2) is 59.9 Å². The summed E-state index contributed by atoms with van der Waals surface area (Å²) in [5, 5.41) is 2.76. The van der Waals surface area contributed by atoms with Gasteiger partial charge in [-0.1, -0.05) is 13.8 Å². The second kappa shape index (κ2) is 12.1. The van der Waals surface area contributed by atoms with Crippen molar-refractivity contribution in [1.82, 2.24) is 24.6 Å². The van der Waals surface area contributed by atoms with Crippen LogP contribution in [0.25, 0.3) is 11.3 Å². The Morgan fingerprint density at radius 3 is 2.47 bits per heavy atom. The standard InChI is InChI=1S/C22H19F4N5O2S.C2H6/c23-15-4-6-17(7-5-15)34(33)31-9-1-2-19(31)21(32)28-12-16-10-18(30-13-29-16)14-3-8-20(27-11-14)22(24,25)26;1-2/h3-8,10-11,13,19H,1-2,9,12H2,(H,28,32);1-2H3/t19-,34?;/m0./s1. The molecule has 192 valence electrons. The van der Waals surface area contributed by atoms with Gasteiger partial charge < -0.3 is 5.32 Å². The minimum absolute atomic E-state index is 0.0515. The first-order chi connectivity index (χ1) is 17.2. The van der Waals surface area contributed by atoms with Gasteiger partial charge in [0.15, 0.2) is 0 Å². The molecule has 0 spiro atoms. The largest absolute Gasteiger partial charge is 0.433 e. The van der Waals surface area contributed by atoms with E-state index >= 15 is 0 Å². The molecule has 1 saturated heterocycles. The Morgan fingerprint density at radius 1 is 1.11 bits per heavy atom. The molecule has 2 aromatic heterocycles. The molecule has 12 heteroatoms. The first kappa shape index (κ1) is 27.3. The summed E-state index contributed by atoms with van der Waals surface area (Å²) in [5.41, 5.74) is 0.180. The van der Waals surface area contributed by atoms with Gasteiger partial charge in [0.25, 0.3) is 0 Å². The van der Waals surface area contributed by atoms with Crippen LogP contribution in [0.4, 0.5) is 17.6 Å². The van der Waals surface area contributed by atoms with E-state index < -0.39 is 34.7 Å². The van der Waals surface area contributed by atoms with Crippen LogP contribution in [0.3, 0.4) is 0 Å². The Bertz CT molecular complexity index is 1190. The van der Waals surface area contributed by atoms with E-state index in [1.807, 2.05) is 13.8 Å². The second-order valence-electron chi connectivity index (χ2n) is 7.54. The smallest absolute Gasteiger partial charge is 0.349 e. The van der Waals surface area contributed by atoms with E-state index in [0.717, 1.165) is 12.3 Å². The lowest BCUT2D eigenvalue weighted by molar-refractivity contribution is -0.141. The number of benzene rings is 1. The minimum atomic E-state index is -4.53. The van der Waals surface area contributed by atoms with Crippen LogP contribution in [-0.4, -0.2) is 42.0 Å². The summed E-state index contributed by atoms with van der Waals surface area (Å²) in [6.45, 7) is 4.51. The molecule has 1 aliphatic heterocycles. The lowest BCUT2D eigenvalue weighted by Crippen LogP contribution is -2.43. The van der Waals surface area contributed by atoms with Crippen LogP contribution in [0.5, 0.6) is 0 Å². The minimum Gasteiger partial charge on any atom is -0.349 e. The number of nitrogens with one attached hydrogen (secondary N) is 1. The summed E-state index contributed by atoms with van der Waals surface area (Å²) in [4.78, 5) is 24.8. The van der Waals surface area contributed by atoms with Crippen molar-refractivity contribution in [3.8, 4) is 11.3 Å². The third-order valence-corrected chi connectivity index (χ3v) is 6.79. The predicted molar refractivity (Wildman–Crippen MR) is 126 cm³/mol. The molecule has 2 atom stereocenters.